The van der Waals surface area contributed by atoms with Crippen molar-refractivity contribution in [3.05, 3.63) is 59.6 Å². The van der Waals surface area contributed by atoms with Crippen molar-refractivity contribution in [2.45, 2.75) is 56.1 Å². The van der Waals surface area contributed by atoms with Crippen LogP contribution in [0, 0.1) is 12.1 Å². The number of hydrogen-bond acceptors (Lipinski definition) is 8. The van der Waals surface area contributed by atoms with Crippen LogP contribution in [0.25, 0.3) is 11.0 Å². The van der Waals surface area contributed by atoms with E-state index in [2.05, 4.69) is 5.32 Å². The number of rotatable bonds is 7. The minimum absolute atomic E-state index is 0.0183. The average molecular weight is 557 g/mol. The Labute approximate surface area is 224 Å². The number of aromatic nitrogens is 1. The van der Waals surface area contributed by atoms with Gasteiger partial charge in [0.1, 0.15) is 22.6 Å². The summed E-state index contributed by atoms with van der Waals surface area (Å²) in [5, 5.41) is 15.0. The lowest BCUT2D eigenvalue weighted by Gasteiger charge is -2.27. The number of benzene rings is 1. The number of pyridine rings is 1. The van der Waals surface area contributed by atoms with Gasteiger partial charge in [0, 0.05) is 23.6 Å². The number of ketones is 1. The average Bonchev–Trinajstić information content (AvgIpc) is 3.57. The number of para-hydroxylation sites is 1. The molecule has 5 rings (SSSR count). The molecule has 3 aromatic rings. The van der Waals surface area contributed by atoms with Crippen molar-refractivity contribution < 1.29 is 36.7 Å². The number of nitrogens with one attached hydrogen (secondary N) is 1. The molecule has 1 aromatic carbocycles. The Morgan fingerprint density at radius 1 is 1.26 bits per heavy atom. The van der Waals surface area contributed by atoms with Gasteiger partial charge in [-0.25, -0.2) is 13.2 Å². The summed E-state index contributed by atoms with van der Waals surface area (Å²) >= 11 is 0. The summed E-state index contributed by atoms with van der Waals surface area (Å²) in [5.41, 5.74) is 1.20. The fraction of sp³-hybridized carbons (Fsp3) is 0.385. The number of amides is 2. The zero-order valence-corrected chi connectivity index (χ0v) is 22.2. The van der Waals surface area contributed by atoms with Crippen LogP contribution in [0.5, 0.6) is 5.95 Å². The predicted octanol–water partition coefficient (Wildman–Crippen LogP) is 1.87. The number of carbonyl (C=O) groups excluding carboxylic acids is 3. The molecule has 0 radical (unpaired) electrons. The van der Waals surface area contributed by atoms with E-state index in [4.69, 9.17) is 9.15 Å². The van der Waals surface area contributed by atoms with Gasteiger partial charge in [0.25, 0.3) is 5.95 Å². The van der Waals surface area contributed by atoms with Crippen LogP contribution in [0.15, 0.2) is 58.1 Å². The highest BCUT2D eigenvalue weighted by molar-refractivity contribution is 7.89. The molecule has 39 heavy (non-hydrogen) atoms. The van der Waals surface area contributed by atoms with E-state index in [0.717, 1.165) is 22.1 Å². The number of hydrogen-bond donors (Lipinski definition) is 1. The molecule has 4 heterocycles. The van der Waals surface area contributed by atoms with Crippen LogP contribution < -0.4 is 14.8 Å². The maximum atomic E-state index is 13.6. The third kappa shape index (κ3) is 4.83. The minimum Gasteiger partial charge on any atom is -0.619 e. The van der Waals surface area contributed by atoms with E-state index in [1.165, 1.54) is 17.0 Å². The summed E-state index contributed by atoms with van der Waals surface area (Å²) in [6, 6.07) is 7.09. The van der Waals surface area contributed by atoms with E-state index >= 15 is 0 Å². The second-order valence-electron chi connectivity index (χ2n) is 9.63. The molecule has 2 aliphatic rings. The molecule has 2 amide bonds. The van der Waals surface area contributed by atoms with Crippen LogP contribution in [-0.2, 0) is 19.6 Å². The molecule has 0 aliphatic carbocycles. The Morgan fingerprint density at radius 3 is 2.74 bits per heavy atom. The van der Waals surface area contributed by atoms with Gasteiger partial charge in [-0.3, -0.25) is 9.59 Å². The highest BCUT2D eigenvalue weighted by atomic mass is 32.2. The number of ether oxygens (including phenoxy) is 1. The third-order valence-corrected chi connectivity index (χ3v) is 9.02. The molecule has 1 N–H and O–H groups in total. The van der Waals surface area contributed by atoms with Gasteiger partial charge in [0.15, 0.2) is 18.2 Å². The van der Waals surface area contributed by atoms with E-state index in [9.17, 15) is 28.0 Å². The molecule has 0 spiro atoms. The van der Waals surface area contributed by atoms with Gasteiger partial charge in [-0.2, -0.15) is 9.04 Å². The molecule has 206 valence electrons. The standard InChI is InChI=1S/C26H28N4O8S/c1-3-7-19(27-26(33)38-25-16(2)18-9-4-5-10-22(18)37-25)24(32)29-13-11-20-23(29)21(31)15-30(20)39(35,36)17-8-6-12-28(34)14-17/h4-6,8-10,12,14,19-20,23H,3,7,11,13,15H2,1-2H3,(H,27,33). The maximum absolute atomic E-state index is 13.6. The summed E-state index contributed by atoms with van der Waals surface area (Å²) in [7, 11) is -4.14. The van der Waals surface area contributed by atoms with Gasteiger partial charge < -0.3 is 24.6 Å². The molecular weight excluding hydrogens is 528 g/mol. The lowest BCUT2D eigenvalue weighted by molar-refractivity contribution is -0.607. The highest BCUT2D eigenvalue weighted by Crippen LogP contribution is 2.34. The van der Waals surface area contributed by atoms with Crippen LogP contribution in [0.4, 0.5) is 4.79 Å². The summed E-state index contributed by atoms with van der Waals surface area (Å²) in [6.07, 6.45) is 2.30. The second kappa shape index (κ2) is 10.3. The largest absolute Gasteiger partial charge is 0.619 e. The van der Waals surface area contributed by atoms with Gasteiger partial charge in [-0.05, 0) is 31.9 Å². The van der Waals surface area contributed by atoms with Crippen molar-refractivity contribution in [1.29, 1.82) is 0 Å². The Hall–Kier alpha value is -3.97. The van der Waals surface area contributed by atoms with Crippen molar-refractivity contribution in [3.8, 4) is 5.95 Å². The topological polar surface area (TPSA) is 153 Å². The third-order valence-electron chi connectivity index (χ3n) is 7.17. The summed E-state index contributed by atoms with van der Waals surface area (Å²) in [5.74, 6) is -0.895. The fourth-order valence-corrected chi connectivity index (χ4v) is 6.95. The van der Waals surface area contributed by atoms with Crippen molar-refractivity contribution >= 4 is 38.8 Å². The van der Waals surface area contributed by atoms with Crippen LogP contribution in [0.1, 0.15) is 31.7 Å². The molecule has 12 nitrogen and oxygen atoms in total. The van der Waals surface area contributed by atoms with Crippen LogP contribution in [0.3, 0.4) is 0 Å². The van der Waals surface area contributed by atoms with Crippen molar-refractivity contribution in [2.75, 3.05) is 13.1 Å². The van der Waals surface area contributed by atoms with Crippen molar-refractivity contribution in [3.63, 3.8) is 0 Å². The van der Waals surface area contributed by atoms with E-state index in [0.29, 0.717) is 22.3 Å². The predicted molar refractivity (Wildman–Crippen MR) is 137 cm³/mol. The van der Waals surface area contributed by atoms with Gasteiger partial charge in [0.2, 0.25) is 15.9 Å². The van der Waals surface area contributed by atoms with Crippen molar-refractivity contribution in [1.82, 2.24) is 14.5 Å². The SMILES string of the molecule is CCCC(NC(=O)Oc1oc2ccccc2c1C)C(=O)N1CCC2C1C(=O)CN2S(=O)(=O)c1ccc[n+]([O-])c1. The molecule has 3 unspecified atom stereocenters. The normalized spacial score (nSPS) is 20.3. The number of sulfonamides is 1. The first-order chi connectivity index (χ1) is 18.6. The lowest BCUT2D eigenvalue weighted by atomic mass is 10.1. The van der Waals surface area contributed by atoms with E-state index in [-0.39, 0.29) is 30.2 Å². The number of likely N-dealkylation sites (tertiary alicyclic amines) is 1. The maximum Gasteiger partial charge on any atom is 0.415 e. The number of fused-ring (bicyclic) bond motifs is 2. The van der Waals surface area contributed by atoms with Crippen LogP contribution in [0.2, 0.25) is 0 Å². The molecule has 0 bridgehead atoms. The number of furan rings is 1. The number of nitrogens with zero attached hydrogens (tertiary/aromatic N) is 3. The first-order valence-electron chi connectivity index (χ1n) is 12.6. The second-order valence-corrected chi connectivity index (χ2v) is 11.5. The van der Waals surface area contributed by atoms with E-state index < -0.39 is 52.5 Å². The van der Waals surface area contributed by atoms with E-state index in [1.54, 1.807) is 19.1 Å². The first-order valence-corrected chi connectivity index (χ1v) is 14.1. The highest BCUT2D eigenvalue weighted by Gasteiger charge is 2.54. The van der Waals surface area contributed by atoms with Gasteiger partial charge in [-0.1, -0.05) is 31.5 Å². The molecule has 2 fully saturated rings. The Kier molecular flexibility index (Phi) is 7.03. The number of aryl methyl sites for hydroxylation is 1. The minimum atomic E-state index is -4.14. The molecule has 3 atom stereocenters. The summed E-state index contributed by atoms with van der Waals surface area (Å²) in [4.78, 5) is 40.4. The summed E-state index contributed by atoms with van der Waals surface area (Å²) < 4.78 is 38.9. The smallest absolute Gasteiger partial charge is 0.415 e. The van der Waals surface area contributed by atoms with Crippen LogP contribution in [-0.4, -0.2) is 66.6 Å². The van der Waals surface area contributed by atoms with Gasteiger partial charge >= 0.3 is 6.09 Å². The fourth-order valence-electron chi connectivity index (χ4n) is 5.31. The number of Topliss-reactive ketones (excluding diaryl/α,β-unsaturated/α-hetero) is 1. The molecule has 2 saturated heterocycles. The Bertz CT molecular complexity index is 1550. The molecule has 2 aromatic heterocycles. The number of carbonyl (C=O) groups is 3. The molecule has 0 saturated carbocycles. The van der Waals surface area contributed by atoms with Gasteiger partial charge in [-0.15, -0.1) is 0 Å². The van der Waals surface area contributed by atoms with Gasteiger partial charge in [0.05, 0.1) is 12.6 Å². The lowest BCUT2D eigenvalue weighted by Crippen LogP contribution is -2.53. The molecule has 13 heteroatoms. The zero-order chi connectivity index (χ0) is 27.9. The Morgan fingerprint density at radius 2 is 2.03 bits per heavy atom. The first kappa shape index (κ1) is 26.6. The quantitative estimate of drug-likeness (QED) is 0.342. The molecule has 2 aliphatic heterocycles. The Balaban J connectivity index is 1.31. The zero-order valence-electron chi connectivity index (χ0n) is 21.4. The monoisotopic (exact) mass is 556 g/mol. The summed E-state index contributed by atoms with van der Waals surface area (Å²) in [6.45, 7) is 3.34. The molecular formula is C26H28N4O8S. The van der Waals surface area contributed by atoms with Crippen molar-refractivity contribution in [2.24, 2.45) is 0 Å². The van der Waals surface area contributed by atoms with E-state index in [1.807, 2.05) is 19.1 Å². The van der Waals surface area contributed by atoms with Crippen LogP contribution >= 0.6 is 0 Å².